The fraction of sp³-hybridized carbons (Fsp3) is 0.158. The average molecular weight is 353 g/mol. The minimum absolute atomic E-state index is 0.100. The van der Waals surface area contributed by atoms with Gasteiger partial charge in [-0.25, -0.2) is 4.79 Å². The summed E-state index contributed by atoms with van der Waals surface area (Å²) in [5.41, 5.74) is 1.42. The topological polar surface area (TPSA) is 79.5 Å². The lowest BCUT2D eigenvalue weighted by Crippen LogP contribution is -2.24. The lowest BCUT2D eigenvalue weighted by molar-refractivity contribution is 0.0515. The third kappa shape index (κ3) is 5.30. The van der Waals surface area contributed by atoms with Gasteiger partial charge < -0.3 is 4.84 Å². The number of hydrogen-bond donors (Lipinski definition) is 0. The highest BCUT2D eigenvalue weighted by Crippen LogP contribution is 2.08. The van der Waals surface area contributed by atoms with Crippen LogP contribution in [-0.2, 0) is 15.7 Å². The summed E-state index contributed by atoms with van der Waals surface area (Å²) >= 11 is 0. The van der Waals surface area contributed by atoms with Crippen LogP contribution in [0, 0.1) is 11.3 Å². The van der Waals surface area contributed by atoms with Gasteiger partial charge in [0, 0.05) is 5.56 Å². The fourth-order valence-electron chi connectivity index (χ4n) is 1.99. The first kappa shape index (κ1) is 18.4. The smallest absolute Gasteiger partial charge is 0.312 e. The van der Waals surface area contributed by atoms with Crippen LogP contribution in [0.5, 0.6) is 0 Å². The Kier molecular flexibility index (Phi) is 6.49. The van der Waals surface area contributed by atoms with Crippen LogP contribution < -0.4 is 0 Å². The number of benzene rings is 2. The maximum Gasteiger partial charge on any atom is 0.365 e. The van der Waals surface area contributed by atoms with E-state index >= 15 is 0 Å². The van der Waals surface area contributed by atoms with Crippen molar-refractivity contribution in [1.29, 1.82) is 5.26 Å². The second kappa shape index (κ2) is 8.81. The molecule has 0 aliphatic heterocycles. The number of Topliss-reactive ketones (excluding diaryl/α,β-unsaturated/α-hetero) is 1. The Hall–Kier alpha value is -2.91. The Balaban J connectivity index is 2.20. The first-order valence-electron chi connectivity index (χ1n) is 7.43. The number of nitrogens with zero attached hydrogens (tertiary/aromatic N) is 2. The van der Waals surface area contributed by atoms with Crippen LogP contribution in [0.15, 0.2) is 59.8 Å². The predicted molar refractivity (Wildman–Crippen MR) is 98.9 cm³/mol. The van der Waals surface area contributed by atoms with Crippen molar-refractivity contribution >= 4 is 28.4 Å². The minimum Gasteiger partial charge on any atom is -0.312 e. The van der Waals surface area contributed by atoms with E-state index in [-0.39, 0.29) is 22.4 Å². The second-order valence-corrected chi connectivity index (χ2v) is 7.69. The Bertz CT molecular complexity index is 822. The zero-order chi connectivity index (χ0) is 18.2. The fourth-order valence-corrected chi connectivity index (χ4v) is 2.72. The van der Waals surface area contributed by atoms with Crippen molar-refractivity contribution in [3.05, 3.63) is 71.3 Å². The van der Waals surface area contributed by atoms with E-state index < -0.39 is 5.97 Å². The van der Waals surface area contributed by atoms with Gasteiger partial charge in [-0.3, -0.25) is 4.79 Å². The van der Waals surface area contributed by atoms with Crippen molar-refractivity contribution in [1.82, 2.24) is 0 Å². The van der Waals surface area contributed by atoms with Crippen LogP contribution in [0.1, 0.15) is 26.3 Å². The molecular weight excluding hydrogens is 336 g/mol. The molecule has 0 atom stereocenters. The molecule has 25 heavy (non-hydrogen) atoms. The van der Waals surface area contributed by atoms with Crippen LogP contribution in [0.2, 0.25) is 0 Å². The van der Waals surface area contributed by atoms with Gasteiger partial charge in [-0.1, -0.05) is 23.4 Å². The number of ketones is 1. The largest absolute Gasteiger partial charge is 0.365 e. The maximum absolute atomic E-state index is 12.6. The Morgan fingerprint density at radius 1 is 1.04 bits per heavy atom. The summed E-state index contributed by atoms with van der Waals surface area (Å²) in [5, 5.41) is 12.7. The molecule has 0 saturated heterocycles. The van der Waals surface area contributed by atoms with E-state index in [1.54, 1.807) is 54.6 Å². The molecule has 0 spiro atoms. The van der Waals surface area contributed by atoms with Crippen LogP contribution in [0.25, 0.3) is 0 Å². The van der Waals surface area contributed by atoms with E-state index in [0.29, 0.717) is 22.4 Å². The average Bonchev–Trinajstić information content (AvgIpc) is 2.64. The van der Waals surface area contributed by atoms with Crippen molar-refractivity contribution in [2.45, 2.75) is 0 Å². The van der Waals surface area contributed by atoms with Crippen molar-refractivity contribution < 1.29 is 14.4 Å². The van der Waals surface area contributed by atoms with Gasteiger partial charge in [-0.15, -0.1) is 0 Å². The number of rotatable bonds is 6. The third-order valence-electron chi connectivity index (χ3n) is 3.21. The van der Waals surface area contributed by atoms with Gasteiger partial charge in [0.2, 0.25) is 5.78 Å². The monoisotopic (exact) mass is 353 g/mol. The SMILES string of the molecule is C[S+](C)CC(=NOC(=O)c1ccccc1)C(=O)c1ccc(C#N)cc1. The van der Waals surface area contributed by atoms with E-state index in [0.717, 1.165) is 0 Å². The number of carbonyl (C=O) groups excluding carboxylic acids is 2. The lowest BCUT2D eigenvalue weighted by Gasteiger charge is -2.04. The first-order chi connectivity index (χ1) is 12.0. The zero-order valence-electron chi connectivity index (χ0n) is 13.9. The van der Waals surface area contributed by atoms with Gasteiger partial charge in [-0.05, 0) is 47.3 Å². The van der Waals surface area contributed by atoms with E-state index in [1.165, 1.54) is 0 Å². The molecule has 0 bridgehead atoms. The highest BCUT2D eigenvalue weighted by molar-refractivity contribution is 7.96. The highest BCUT2D eigenvalue weighted by Gasteiger charge is 2.22. The van der Waals surface area contributed by atoms with Crippen LogP contribution in [-0.4, -0.2) is 35.7 Å². The summed E-state index contributed by atoms with van der Waals surface area (Å²) in [7, 11) is -0.100. The normalized spacial score (nSPS) is 11.0. The van der Waals surface area contributed by atoms with Crippen molar-refractivity contribution in [3.63, 3.8) is 0 Å². The standard InChI is InChI=1S/C19H17N2O3S/c1-25(2)13-17(18(22)15-10-8-14(12-20)9-11-15)21-24-19(23)16-6-4-3-5-7-16/h3-11H,13H2,1-2H3/q+1. The molecule has 0 N–H and O–H groups in total. The van der Waals surface area contributed by atoms with E-state index in [9.17, 15) is 9.59 Å². The molecule has 2 aromatic rings. The first-order valence-corrected chi connectivity index (χ1v) is 9.64. The molecule has 0 heterocycles. The number of oxime groups is 1. The van der Waals surface area contributed by atoms with E-state index in [2.05, 4.69) is 5.16 Å². The Morgan fingerprint density at radius 2 is 1.68 bits per heavy atom. The summed E-state index contributed by atoms with van der Waals surface area (Å²) in [5.74, 6) is -0.523. The van der Waals surface area contributed by atoms with Crippen LogP contribution in [0.4, 0.5) is 0 Å². The molecular formula is C19H17N2O3S+. The maximum atomic E-state index is 12.6. The highest BCUT2D eigenvalue weighted by atomic mass is 32.2. The predicted octanol–water partition coefficient (Wildman–Crippen LogP) is 2.83. The molecule has 0 saturated carbocycles. The van der Waals surface area contributed by atoms with Gasteiger partial charge in [0.15, 0.2) is 11.5 Å². The molecule has 0 amide bonds. The molecule has 2 rings (SSSR count). The summed E-state index contributed by atoms with van der Waals surface area (Å²) in [6, 6.07) is 16.7. The van der Waals surface area contributed by atoms with Gasteiger partial charge >= 0.3 is 5.97 Å². The number of nitriles is 1. The molecule has 0 aliphatic carbocycles. The van der Waals surface area contributed by atoms with Gasteiger partial charge in [0.25, 0.3) is 0 Å². The third-order valence-corrected chi connectivity index (χ3v) is 4.06. The van der Waals surface area contributed by atoms with Crippen molar-refractivity contribution in [2.24, 2.45) is 5.16 Å². The van der Waals surface area contributed by atoms with Crippen LogP contribution >= 0.6 is 0 Å². The zero-order valence-corrected chi connectivity index (χ0v) is 14.7. The van der Waals surface area contributed by atoms with Gasteiger partial charge in [0.05, 0.1) is 29.7 Å². The molecule has 0 fully saturated rings. The molecule has 0 aromatic heterocycles. The molecule has 0 aliphatic rings. The summed E-state index contributed by atoms with van der Waals surface area (Å²) in [4.78, 5) is 29.6. The Morgan fingerprint density at radius 3 is 2.24 bits per heavy atom. The molecule has 126 valence electrons. The van der Waals surface area contributed by atoms with Gasteiger partial charge in [0.1, 0.15) is 0 Å². The van der Waals surface area contributed by atoms with E-state index in [4.69, 9.17) is 10.1 Å². The Labute approximate surface area is 149 Å². The van der Waals surface area contributed by atoms with Gasteiger partial charge in [-0.2, -0.15) is 5.26 Å². The summed E-state index contributed by atoms with van der Waals surface area (Å²) in [6.45, 7) is 0. The van der Waals surface area contributed by atoms with Crippen molar-refractivity contribution in [2.75, 3.05) is 18.3 Å². The lowest BCUT2D eigenvalue weighted by atomic mass is 10.1. The van der Waals surface area contributed by atoms with Crippen LogP contribution in [0.3, 0.4) is 0 Å². The summed E-state index contributed by atoms with van der Waals surface area (Å²) < 4.78 is 0. The quantitative estimate of drug-likeness (QED) is 0.263. The minimum atomic E-state index is -0.613. The second-order valence-electron chi connectivity index (χ2n) is 5.43. The molecule has 2 aromatic carbocycles. The molecule has 5 nitrogen and oxygen atoms in total. The van der Waals surface area contributed by atoms with Crippen molar-refractivity contribution in [3.8, 4) is 6.07 Å². The molecule has 0 radical (unpaired) electrons. The summed E-state index contributed by atoms with van der Waals surface area (Å²) in [6.07, 6.45) is 3.95. The molecule has 0 unspecified atom stereocenters. The molecule has 6 heteroatoms. The number of hydrogen-bond acceptors (Lipinski definition) is 5. The van der Waals surface area contributed by atoms with E-state index in [1.807, 2.05) is 18.6 Å². The number of carbonyl (C=O) groups is 2.